The van der Waals surface area contributed by atoms with Gasteiger partial charge >= 0.3 is 6.39 Å². The van der Waals surface area contributed by atoms with Crippen LogP contribution in [0.3, 0.4) is 0 Å². The molecule has 0 saturated carbocycles. The molecule has 0 unspecified atom stereocenters. The average molecular weight is 135 g/mol. The molecule has 10 heavy (non-hydrogen) atoms. The second-order valence-electron chi connectivity index (χ2n) is 1.69. The first-order valence-electron chi connectivity index (χ1n) is 2.70. The van der Waals surface area contributed by atoms with E-state index in [-0.39, 0.29) is 0 Å². The first-order chi connectivity index (χ1) is 4.97. The molecule has 0 N–H and O–H groups in total. The molecule has 0 amide bonds. The molecule has 2 aromatic heterocycles. The van der Waals surface area contributed by atoms with Crippen molar-refractivity contribution in [1.29, 1.82) is 0 Å². The van der Waals surface area contributed by atoms with Crippen LogP contribution in [0.25, 0.3) is 11.6 Å². The Morgan fingerprint density at radius 2 is 2.50 bits per heavy atom. The highest BCUT2D eigenvalue weighted by Crippen LogP contribution is 2.12. The molecule has 0 bridgehead atoms. The lowest BCUT2D eigenvalue weighted by Crippen LogP contribution is -1.73. The van der Waals surface area contributed by atoms with Crippen LogP contribution >= 0.6 is 0 Å². The molecule has 4 heteroatoms. The summed E-state index contributed by atoms with van der Waals surface area (Å²) in [6, 6.07) is 3.50. The Morgan fingerprint density at radius 1 is 1.50 bits per heavy atom. The lowest BCUT2D eigenvalue weighted by molar-refractivity contribution is 0.409. The highest BCUT2D eigenvalue weighted by atomic mass is 16.5. The molecule has 0 fully saturated rings. The van der Waals surface area contributed by atoms with E-state index in [2.05, 4.69) is 21.1 Å². The van der Waals surface area contributed by atoms with E-state index >= 15 is 0 Å². The van der Waals surface area contributed by atoms with Crippen molar-refractivity contribution in [2.24, 2.45) is 0 Å². The molecule has 2 rings (SSSR count). The normalized spacial score (nSPS) is 10.0. The van der Waals surface area contributed by atoms with Crippen LogP contribution in [-0.2, 0) is 0 Å². The summed E-state index contributed by atoms with van der Waals surface area (Å²) in [6.45, 7) is 0. The van der Waals surface area contributed by atoms with Crippen LogP contribution in [0.2, 0.25) is 0 Å². The quantitative estimate of drug-likeness (QED) is 0.588. The second kappa shape index (κ2) is 1.98. The first-order valence-corrected chi connectivity index (χ1v) is 2.70. The number of furan rings is 1. The van der Waals surface area contributed by atoms with Gasteiger partial charge in [0.25, 0.3) is 0 Å². The Labute approximate surface area is 56.5 Å². The number of nitrogens with zero attached hydrogens (tertiary/aromatic N) is 2. The van der Waals surface area contributed by atoms with Crippen LogP contribution in [0.5, 0.6) is 0 Å². The van der Waals surface area contributed by atoms with Crippen molar-refractivity contribution < 1.29 is 8.94 Å². The molecule has 2 aromatic rings. The van der Waals surface area contributed by atoms with Crippen LogP contribution in [0.15, 0.2) is 27.3 Å². The Bertz CT molecular complexity index is 253. The zero-order valence-corrected chi connectivity index (χ0v) is 4.94. The molecular formula is C6H3N2O2. The van der Waals surface area contributed by atoms with E-state index in [1.807, 2.05) is 0 Å². The number of aromatic nitrogens is 2. The summed E-state index contributed by atoms with van der Waals surface area (Å²) in [5, 5.41) is 3.52. The Morgan fingerprint density at radius 3 is 3.10 bits per heavy atom. The van der Waals surface area contributed by atoms with Gasteiger partial charge in [0.05, 0.1) is 6.26 Å². The predicted octanol–water partition coefficient (Wildman–Crippen LogP) is 1.13. The van der Waals surface area contributed by atoms with Crippen molar-refractivity contribution >= 4 is 0 Å². The van der Waals surface area contributed by atoms with Gasteiger partial charge in [0.1, 0.15) is 0 Å². The maximum Gasteiger partial charge on any atom is 0.316 e. The molecule has 4 nitrogen and oxygen atoms in total. The summed E-state index contributed by atoms with van der Waals surface area (Å²) >= 11 is 0. The SMILES string of the molecule is [c]1nc(-c2ccco2)no1. The molecule has 0 atom stereocenters. The molecule has 0 aliphatic heterocycles. The van der Waals surface area contributed by atoms with Crippen LogP contribution < -0.4 is 0 Å². The van der Waals surface area contributed by atoms with E-state index in [0.717, 1.165) is 0 Å². The fraction of sp³-hybridized carbons (Fsp3) is 0. The maximum absolute atomic E-state index is 4.97. The average Bonchev–Trinajstić information content (AvgIpc) is 2.59. The number of hydrogen-bond donors (Lipinski definition) is 0. The predicted molar refractivity (Wildman–Crippen MR) is 30.8 cm³/mol. The van der Waals surface area contributed by atoms with E-state index < -0.39 is 0 Å². The number of hydrogen-bond acceptors (Lipinski definition) is 4. The summed E-state index contributed by atoms with van der Waals surface area (Å²) in [4.78, 5) is 3.66. The van der Waals surface area contributed by atoms with Gasteiger partial charge in [0.2, 0.25) is 5.82 Å². The fourth-order valence-corrected chi connectivity index (χ4v) is 0.654. The monoisotopic (exact) mass is 135 g/mol. The third-order valence-electron chi connectivity index (χ3n) is 1.07. The topological polar surface area (TPSA) is 52.1 Å². The fourth-order valence-electron chi connectivity index (χ4n) is 0.654. The number of rotatable bonds is 1. The second-order valence-corrected chi connectivity index (χ2v) is 1.69. The minimum Gasteiger partial charge on any atom is -0.461 e. The van der Waals surface area contributed by atoms with Crippen molar-refractivity contribution in [3.63, 3.8) is 0 Å². The first kappa shape index (κ1) is 5.22. The molecule has 0 aliphatic rings. The minimum atomic E-state index is 0.421. The summed E-state index contributed by atoms with van der Waals surface area (Å²) in [5.74, 6) is 1.01. The van der Waals surface area contributed by atoms with Crippen molar-refractivity contribution in [3.8, 4) is 11.6 Å². The minimum absolute atomic E-state index is 0.421. The Hall–Kier alpha value is -1.58. The van der Waals surface area contributed by atoms with Crippen molar-refractivity contribution in [3.05, 3.63) is 24.8 Å². The molecule has 0 aromatic carbocycles. The van der Waals surface area contributed by atoms with Gasteiger partial charge in [-0.3, -0.25) is 0 Å². The van der Waals surface area contributed by atoms with Crippen LogP contribution in [0.1, 0.15) is 0 Å². The van der Waals surface area contributed by atoms with Gasteiger partial charge < -0.3 is 8.94 Å². The summed E-state index contributed by atoms with van der Waals surface area (Å²) < 4.78 is 9.37. The summed E-state index contributed by atoms with van der Waals surface area (Å²) in [7, 11) is 0. The van der Waals surface area contributed by atoms with Gasteiger partial charge in [-0.05, 0) is 12.1 Å². The van der Waals surface area contributed by atoms with Crippen molar-refractivity contribution in [2.75, 3.05) is 0 Å². The van der Waals surface area contributed by atoms with Crippen molar-refractivity contribution in [2.45, 2.75) is 0 Å². The van der Waals surface area contributed by atoms with Gasteiger partial charge in [0, 0.05) is 0 Å². The van der Waals surface area contributed by atoms with Gasteiger partial charge in [-0.2, -0.15) is 4.98 Å². The van der Waals surface area contributed by atoms with Gasteiger partial charge in [0.15, 0.2) is 5.76 Å². The van der Waals surface area contributed by atoms with Crippen molar-refractivity contribution in [1.82, 2.24) is 10.1 Å². The lowest BCUT2D eigenvalue weighted by Gasteiger charge is -1.80. The maximum atomic E-state index is 4.97. The molecule has 2 heterocycles. The van der Waals surface area contributed by atoms with E-state index in [1.54, 1.807) is 18.4 Å². The largest absolute Gasteiger partial charge is 0.461 e. The Kier molecular flexibility index (Phi) is 1.04. The zero-order valence-electron chi connectivity index (χ0n) is 4.94. The molecule has 49 valence electrons. The highest BCUT2D eigenvalue weighted by molar-refractivity contribution is 5.43. The molecule has 0 spiro atoms. The third kappa shape index (κ3) is 0.699. The van der Waals surface area contributed by atoms with Crippen LogP contribution in [0, 0.1) is 6.39 Å². The van der Waals surface area contributed by atoms with Crippen LogP contribution in [0.4, 0.5) is 0 Å². The van der Waals surface area contributed by atoms with E-state index in [1.165, 1.54) is 0 Å². The van der Waals surface area contributed by atoms with E-state index in [0.29, 0.717) is 11.6 Å². The molecule has 0 saturated heterocycles. The molecular weight excluding hydrogens is 132 g/mol. The summed E-state index contributed by atoms with van der Waals surface area (Å²) in [6.07, 6.45) is 3.77. The smallest absolute Gasteiger partial charge is 0.316 e. The van der Waals surface area contributed by atoms with Gasteiger partial charge in [-0.25, -0.2) is 0 Å². The zero-order chi connectivity index (χ0) is 6.81. The third-order valence-corrected chi connectivity index (χ3v) is 1.07. The molecule has 0 aliphatic carbocycles. The van der Waals surface area contributed by atoms with Crippen LogP contribution in [-0.4, -0.2) is 10.1 Å². The lowest BCUT2D eigenvalue weighted by atomic mass is 10.4. The van der Waals surface area contributed by atoms with Gasteiger partial charge in [-0.15, -0.1) is 0 Å². The summed E-state index contributed by atoms with van der Waals surface area (Å²) in [5.41, 5.74) is 0. The van der Waals surface area contributed by atoms with E-state index in [4.69, 9.17) is 4.42 Å². The standard InChI is InChI=1S/C6H3N2O2/c1-2-5(9-3-1)6-7-4-10-8-6/h1-3H. The highest BCUT2D eigenvalue weighted by Gasteiger charge is 2.03. The Balaban J connectivity index is 2.48. The van der Waals surface area contributed by atoms with E-state index in [9.17, 15) is 0 Å². The molecule has 1 radical (unpaired) electrons. The van der Waals surface area contributed by atoms with Gasteiger partial charge in [-0.1, -0.05) is 5.16 Å².